The molecule has 0 radical (unpaired) electrons. The van der Waals surface area contributed by atoms with Crippen molar-refractivity contribution in [2.75, 3.05) is 11.9 Å². The fourth-order valence-electron chi connectivity index (χ4n) is 2.58. The van der Waals surface area contributed by atoms with E-state index in [-0.39, 0.29) is 35.3 Å². The van der Waals surface area contributed by atoms with Gasteiger partial charge in [0.25, 0.3) is 5.69 Å². The Morgan fingerprint density at radius 1 is 1.32 bits per heavy atom. The zero-order chi connectivity index (χ0) is 18.6. The number of benzene rings is 1. The first-order valence-electron chi connectivity index (χ1n) is 8.00. The van der Waals surface area contributed by atoms with Crippen LogP contribution in [0, 0.1) is 22.5 Å². The van der Waals surface area contributed by atoms with E-state index < -0.39 is 4.92 Å². The third kappa shape index (κ3) is 5.11. The molecule has 0 bridgehead atoms. The van der Waals surface area contributed by atoms with Crippen molar-refractivity contribution in [3.8, 4) is 0 Å². The molecular formula is C18H23N3O3S. The number of amides is 1. The Morgan fingerprint density at radius 2 is 2.04 bits per heavy atom. The summed E-state index contributed by atoms with van der Waals surface area (Å²) in [5, 5.41) is 19.1. The van der Waals surface area contributed by atoms with E-state index in [0.717, 1.165) is 10.4 Å². The maximum absolute atomic E-state index is 12.3. The van der Waals surface area contributed by atoms with Gasteiger partial charge in [-0.05, 0) is 35.4 Å². The van der Waals surface area contributed by atoms with E-state index in [4.69, 9.17) is 0 Å². The summed E-state index contributed by atoms with van der Waals surface area (Å²) in [5.41, 5.74) is 0.819. The Kier molecular flexibility index (Phi) is 5.92. The van der Waals surface area contributed by atoms with E-state index in [1.165, 1.54) is 6.07 Å². The molecule has 0 saturated heterocycles. The predicted octanol–water partition coefficient (Wildman–Crippen LogP) is 4.28. The number of nitrogens with zero attached hydrogens (tertiary/aromatic N) is 1. The molecule has 0 aliphatic rings. The lowest BCUT2D eigenvalue weighted by molar-refractivity contribution is -0.384. The van der Waals surface area contributed by atoms with Gasteiger partial charge in [0.05, 0.1) is 11.5 Å². The van der Waals surface area contributed by atoms with Crippen molar-refractivity contribution < 1.29 is 9.72 Å². The molecule has 1 unspecified atom stereocenters. The minimum absolute atomic E-state index is 0.0197. The van der Waals surface area contributed by atoms with Crippen molar-refractivity contribution in [3.63, 3.8) is 0 Å². The quantitative estimate of drug-likeness (QED) is 0.594. The molecule has 2 rings (SSSR count). The maximum atomic E-state index is 12.3. The van der Waals surface area contributed by atoms with Crippen LogP contribution in [0.25, 0.3) is 0 Å². The molecule has 0 aliphatic carbocycles. The van der Waals surface area contributed by atoms with Crippen molar-refractivity contribution in [3.05, 3.63) is 56.3 Å². The van der Waals surface area contributed by atoms with Crippen molar-refractivity contribution in [1.82, 2.24) is 5.32 Å². The number of nitro benzene ring substituents is 1. The van der Waals surface area contributed by atoms with Gasteiger partial charge in [0, 0.05) is 17.0 Å². The first kappa shape index (κ1) is 19.1. The summed E-state index contributed by atoms with van der Waals surface area (Å²) < 4.78 is 0. The lowest BCUT2D eigenvalue weighted by atomic mass is 9.86. The molecule has 6 nitrogen and oxygen atoms in total. The van der Waals surface area contributed by atoms with Crippen LogP contribution >= 0.6 is 11.3 Å². The Labute approximate surface area is 151 Å². The van der Waals surface area contributed by atoms with Gasteiger partial charge in [-0.15, -0.1) is 11.3 Å². The van der Waals surface area contributed by atoms with Crippen molar-refractivity contribution in [2.45, 2.75) is 33.7 Å². The fraction of sp³-hybridized carbons (Fsp3) is 0.389. The molecule has 0 spiro atoms. The molecule has 0 aliphatic heterocycles. The summed E-state index contributed by atoms with van der Waals surface area (Å²) in [6, 6.07) is 8.79. The fourth-order valence-corrected chi connectivity index (χ4v) is 3.62. The van der Waals surface area contributed by atoms with Crippen LogP contribution < -0.4 is 10.6 Å². The molecule has 1 aromatic heterocycles. The molecule has 0 saturated carbocycles. The van der Waals surface area contributed by atoms with Gasteiger partial charge in [-0.25, -0.2) is 0 Å². The van der Waals surface area contributed by atoms with Crippen LogP contribution in [0.1, 0.15) is 37.3 Å². The Hall–Kier alpha value is -2.25. The van der Waals surface area contributed by atoms with Gasteiger partial charge in [-0.1, -0.05) is 32.9 Å². The number of aryl methyl sites for hydroxylation is 1. The van der Waals surface area contributed by atoms with Crippen molar-refractivity contribution in [1.29, 1.82) is 0 Å². The number of hydrogen-bond donors (Lipinski definition) is 2. The summed E-state index contributed by atoms with van der Waals surface area (Å²) >= 11 is 1.64. The Balaban J connectivity index is 2.06. The van der Waals surface area contributed by atoms with E-state index in [0.29, 0.717) is 0 Å². The molecule has 1 heterocycles. The van der Waals surface area contributed by atoms with Gasteiger partial charge < -0.3 is 10.6 Å². The highest BCUT2D eigenvalue weighted by Gasteiger charge is 2.27. The zero-order valence-corrected chi connectivity index (χ0v) is 15.6. The summed E-state index contributed by atoms with van der Waals surface area (Å²) in [6.45, 7) is 8.16. The lowest BCUT2D eigenvalue weighted by Gasteiger charge is -2.30. The standard InChI is InChI=1S/C18H23N3O3S/c1-12-7-8-13(14(10-12)21(23)24)20-16(22)11-19-17(18(2,3)4)15-6-5-9-25-15/h5-10,17,19H,11H2,1-4H3,(H,20,22). The molecule has 25 heavy (non-hydrogen) atoms. The first-order valence-corrected chi connectivity index (χ1v) is 8.88. The first-order chi connectivity index (χ1) is 11.7. The zero-order valence-electron chi connectivity index (χ0n) is 14.8. The van der Waals surface area contributed by atoms with E-state index in [9.17, 15) is 14.9 Å². The van der Waals surface area contributed by atoms with Gasteiger partial charge >= 0.3 is 0 Å². The third-order valence-electron chi connectivity index (χ3n) is 3.78. The summed E-state index contributed by atoms with van der Waals surface area (Å²) in [4.78, 5) is 24.1. The molecule has 7 heteroatoms. The van der Waals surface area contributed by atoms with Crippen LogP contribution in [-0.4, -0.2) is 17.4 Å². The molecule has 1 amide bonds. The molecule has 2 aromatic rings. The molecule has 0 fully saturated rings. The number of carbonyl (C=O) groups excluding carboxylic acids is 1. The third-order valence-corrected chi connectivity index (χ3v) is 4.72. The Bertz CT molecular complexity index is 751. The van der Waals surface area contributed by atoms with Crippen LogP contribution in [0.2, 0.25) is 0 Å². The largest absolute Gasteiger partial charge is 0.319 e. The van der Waals surface area contributed by atoms with Gasteiger partial charge in [0.2, 0.25) is 5.91 Å². The highest BCUT2D eigenvalue weighted by Crippen LogP contribution is 2.35. The summed E-state index contributed by atoms with van der Waals surface area (Å²) in [7, 11) is 0. The minimum atomic E-state index is -0.486. The number of carbonyl (C=O) groups is 1. The number of rotatable bonds is 6. The maximum Gasteiger partial charge on any atom is 0.293 e. The molecule has 1 atom stereocenters. The second kappa shape index (κ2) is 7.76. The topological polar surface area (TPSA) is 84.3 Å². The molecular weight excluding hydrogens is 338 g/mol. The average Bonchev–Trinajstić information content (AvgIpc) is 3.01. The van der Waals surface area contributed by atoms with E-state index in [2.05, 4.69) is 31.4 Å². The second-order valence-electron chi connectivity index (χ2n) is 7.02. The van der Waals surface area contributed by atoms with E-state index >= 15 is 0 Å². The molecule has 134 valence electrons. The predicted molar refractivity (Wildman–Crippen MR) is 101 cm³/mol. The van der Waals surface area contributed by atoms with E-state index in [1.807, 2.05) is 17.5 Å². The van der Waals surface area contributed by atoms with E-state index in [1.54, 1.807) is 30.4 Å². The van der Waals surface area contributed by atoms with Gasteiger partial charge in [-0.3, -0.25) is 14.9 Å². The normalized spacial score (nSPS) is 12.6. The number of thiophene rings is 1. The second-order valence-corrected chi connectivity index (χ2v) is 8.00. The highest BCUT2D eigenvalue weighted by molar-refractivity contribution is 7.10. The van der Waals surface area contributed by atoms with Crippen LogP contribution in [0.4, 0.5) is 11.4 Å². The van der Waals surface area contributed by atoms with Crippen LogP contribution in [-0.2, 0) is 4.79 Å². The lowest BCUT2D eigenvalue weighted by Crippen LogP contribution is -2.37. The number of hydrogen-bond acceptors (Lipinski definition) is 5. The highest BCUT2D eigenvalue weighted by atomic mass is 32.1. The SMILES string of the molecule is Cc1ccc(NC(=O)CNC(c2cccs2)C(C)(C)C)c([N+](=O)[O-])c1. The Morgan fingerprint density at radius 3 is 2.60 bits per heavy atom. The monoisotopic (exact) mass is 361 g/mol. The van der Waals surface area contributed by atoms with Crippen molar-refractivity contribution in [2.24, 2.45) is 5.41 Å². The van der Waals surface area contributed by atoms with Crippen molar-refractivity contribution >= 4 is 28.6 Å². The summed E-state index contributed by atoms with van der Waals surface area (Å²) in [5.74, 6) is -0.308. The average molecular weight is 361 g/mol. The van der Waals surface area contributed by atoms with Gasteiger partial charge in [0.15, 0.2) is 0 Å². The molecule has 2 N–H and O–H groups in total. The molecule has 1 aromatic carbocycles. The van der Waals surface area contributed by atoms with Gasteiger partial charge in [-0.2, -0.15) is 0 Å². The van der Waals surface area contributed by atoms with Crippen LogP contribution in [0.5, 0.6) is 0 Å². The number of nitrogens with one attached hydrogen (secondary N) is 2. The minimum Gasteiger partial charge on any atom is -0.319 e. The smallest absolute Gasteiger partial charge is 0.293 e. The number of anilines is 1. The van der Waals surface area contributed by atoms with Gasteiger partial charge in [0.1, 0.15) is 5.69 Å². The summed E-state index contributed by atoms with van der Waals surface area (Å²) in [6.07, 6.45) is 0. The van der Waals surface area contributed by atoms with Crippen LogP contribution in [0.3, 0.4) is 0 Å². The van der Waals surface area contributed by atoms with Crippen LogP contribution in [0.15, 0.2) is 35.7 Å². The number of nitro groups is 1.